The highest BCUT2D eigenvalue weighted by Gasteiger charge is 2.32. The average Bonchev–Trinajstić information content (AvgIpc) is 3.24. The number of para-hydroxylation sites is 1. The summed E-state index contributed by atoms with van der Waals surface area (Å²) in [6.45, 7) is 2.29. The van der Waals surface area contributed by atoms with E-state index in [2.05, 4.69) is 97.5 Å². The lowest BCUT2D eigenvalue weighted by atomic mass is 9.91. The van der Waals surface area contributed by atoms with E-state index in [0.717, 1.165) is 11.2 Å². The van der Waals surface area contributed by atoms with Gasteiger partial charge in [-0.2, -0.15) is 0 Å². The Hall–Kier alpha value is -3.82. The number of nitrogens with zero attached hydrogens (tertiary/aromatic N) is 1. The molecule has 0 amide bonds. The molecule has 0 fully saturated rings. The largest absolute Gasteiger partial charge is 0.455 e. The van der Waals surface area contributed by atoms with E-state index in [1.807, 2.05) is 17.8 Å². The van der Waals surface area contributed by atoms with E-state index >= 15 is 0 Å². The highest BCUT2D eigenvalue weighted by atomic mass is 32.2. The molecule has 2 aromatic heterocycles. The number of fused-ring (bicyclic) bond motifs is 9. The van der Waals surface area contributed by atoms with Crippen molar-refractivity contribution in [3.63, 3.8) is 0 Å². The second-order valence-corrected chi connectivity index (χ2v) is 10.3. The molecule has 0 radical (unpaired) electrons. The first kappa shape index (κ1) is 18.6. The van der Waals surface area contributed by atoms with Gasteiger partial charge in [-0.15, -0.1) is 0 Å². The Balaban J connectivity index is 1.58. The minimum Gasteiger partial charge on any atom is -0.455 e. The molecule has 3 heterocycles. The second kappa shape index (κ2) is 6.40. The summed E-state index contributed by atoms with van der Waals surface area (Å²) in [7, 11) is 2.16. The van der Waals surface area contributed by atoms with Crippen molar-refractivity contribution in [2.24, 2.45) is 7.05 Å². The summed E-state index contributed by atoms with van der Waals surface area (Å²) >= 11 is 1.86. The molecule has 160 valence electrons. The van der Waals surface area contributed by atoms with E-state index in [1.54, 1.807) is 0 Å². The van der Waals surface area contributed by atoms with Crippen LogP contribution in [0.1, 0.15) is 5.56 Å². The Labute approximate surface area is 200 Å². The molecule has 0 saturated heterocycles. The predicted molar refractivity (Wildman–Crippen MR) is 142 cm³/mol. The maximum atomic E-state index is 6.47. The van der Waals surface area contributed by atoms with Gasteiger partial charge in [-0.3, -0.25) is 0 Å². The Kier molecular flexibility index (Phi) is 3.50. The van der Waals surface area contributed by atoms with E-state index in [4.69, 9.17) is 4.42 Å². The molecule has 1 aliphatic heterocycles. The van der Waals surface area contributed by atoms with Crippen molar-refractivity contribution in [2.45, 2.75) is 16.7 Å². The van der Waals surface area contributed by atoms with Gasteiger partial charge in [0.25, 0.3) is 0 Å². The maximum Gasteiger partial charge on any atom is 0.222 e. The number of aromatic nitrogens is 1. The average molecular weight is 455 g/mol. The summed E-state index contributed by atoms with van der Waals surface area (Å²) in [5, 5.41) is 10.2. The van der Waals surface area contributed by atoms with Crippen LogP contribution in [-0.2, 0) is 7.05 Å². The zero-order chi connectivity index (χ0) is 22.6. The highest BCUT2D eigenvalue weighted by Crippen LogP contribution is 2.53. The molecule has 0 spiro atoms. The molecule has 0 unspecified atom stereocenters. The SMILES string of the molecule is Cc1c2c(cc3ccc4ccccc4c13)Sc1c3oc4ccccc4c3cc3cc[n+](C)c-2c13. The van der Waals surface area contributed by atoms with Crippen LogP contribution >= 0.6 is 11.8 Å². The molecule has 3 heteroatoms. The van der Waals surface area contributed by atoms with Crippen molar-refractivity contribution in [3.05, 3.63) is 90.6 Å². The molecule has 2 nitrogen and oxygen atoms in total. The standard InChI is InChI=1S/C31H20NOS/c1-17-26-19(12-11-18-7-3-4-8-21(18)26)16-25-27(17)29-28-20(13-14-32(29)2)15-23-22-9-5-6-10-24(22)33-30(23)31(28)34-25/h3-16H,1-2H3/q+1. The van der Waals surface area contributed by atoms with Crippen molar-refractivity contribution >= 4 is 66.0 Å². The Morgan fingerprint density at radius 2 is 1.50 bits per heavy atom. The summed E-state index contributed by atoms with van der Waals surface area (Å²) in [4.78, 5) is 2.52. The van der Waals surface area contributed by atoms with Crippen LogP contribution in [0.15, 0.2) is 99.3 Å². The smallest absolute Gasteiger partial charge is 0.222 e. The van der Waals surface area contributed by atoms with Crippen LogP contribution in [-0.4, -0.2) is 0 Å². The summed E-state index contributed by atoms with van der Waals surface area (Å²) in [6, 6.07) is 28.5. The lowest BCUT2D eigenvalue weighted by molar-refractivity contribution is -0.659. The van der Waals surface area contributed by atoms with Crippen LogP contribution in [0.2, 0.25) is 0 Å². The molecule has 7 aromatic rings. The number of hydrogen-bond donors (Lipinski definition) is 0. The van der Waals surface area contributed by atoms with Gasteiger partial charge in [-0.05, 0) is 57.6 Å². The third kappa shape index (κ3) is 2.25. The van der Waals surface area contributed by atoms with Crippen molar-refractivity contribution in [1.29, 1.82) is 0 Å². The van der Waals surface area contributed by atoms with Gasteiger partial charge >= 0.3 is 0 Å². The summed E-state index contributed by atoms with van der Waals surface area (Å²) in [6.07, 6.45) is 2.20. The molecule has 5 aromatic carbocycles. The second-order valence-electron chi connectivity index (χ2n) is 9.28. The minimum atomic E-state index is 0.947. The van der Waals surface area contributed by atoms with Crippen LogP contribution in [0.5, 0.6) is 0 Å². The van der Waals surface area contributed by atoms with E-state index in [9.17, 15) is 0 Å². The van der Waals surface area contributed by atoms with Gasteiger partial charge in [0, 0.05) is 21.7 Å². The number of hydrogen-bond acceptors (Lipinski definition) is 2. The first-order chi connectivity index (χ1) is 16.7. The highest BCUT2D eigenvalue weighted by molar-refractivity contribution is 8.00. The third-order valence-corrected chi connectivity index (χ3v) is 8.55. The fourth-order valence-electron chi connectivity index (χ4n) is 5.90. The number of aryl methyl sites for hydroxylation is 2. The fraction of sp³-hybridized carbons (Fsp3) is 0.0645. The van der Waals surface area contributed by atoms with Gasteiger partial charge in [-0.1, -0.05) is 66.4 Å². The van der Waals surface area contributed by atoms with Crippen LogP contribution in [0.3, 0.4) is 0 Å². The van der Waals surface area contributed by atoms with Gasteiger partial charge in [-0.25, -0.2) is 4.57 Å². The number of benzene rings is 5. The molecule has 0 N–H and O–H groups in total. The Bertz CT molecular complexity index is 2010. The maximum absolute atomic E-state index is 6.47. The van der Waals surface area contributed by atoms with E-state index in [-0.39, 0.29) is 0 Å². The fourth-order valence-corrected chi connectivity index (χ4v) is 7.22. The summed E-state index contributed by atoms with van der Waals surface area (Å²) in [5.41, 5.74) is 5.90. The van der Waals surface area contributed by atoms with Crippen LogP contribution in [0, 0.1) is 6.92 Å². The molecule has 0 bridgehead atoms. The van der Waals surface area contributed by atoms with Crippen molar-refractivity contribution in [2.75, 3.05) is 0 Å². The minimum absolute atomic E-state index is 0.947. The molecule has 0 aliphatic carbocycles. The third-order valence-electron chi connectivity index (χ3n) is 7.42. The lowest BCUT2D eigenvalue weighted by Gasteiger charge is -2.21. The molecule has 0 saturated carbocycles. The molecule has 0 atom stereocenters. The normalized spacial score (nSPS) is 12.9. The number of pyridine rings is 1. The monoisotopic (exact) mass is 454 g/mol. The zero-order valence-electron chi connectivity index (χ0n) is 18.8. The first-order valence-corrected chi connectivity index (χ1v) is 12.4. The van der Waals surface area contributed by atoms with Gasteiger partial charge in [0.05, 0.1) is 15.8 Å². The molecule has 34 heavy (non-hydrogen) atoms. The van der Waals surface area contributed by atoms with Gasteiger partial charge in [0.1, 0.15) is 18.2 Å². The van der Waals surface area contributed by atoms with Crippen LogP contribution in [0.4, 0.5) is 0 Å². The summed E-state index contributed by atoms with van der Waals surface area (Å²) in [5.74, 6) is 0. The van der Waals surface area contributed by atoms with E-state index in [1.165, 1.54) is 69.7 Å². The Morgan fingerprint density at radius 1 is 0.735 bits per heavy atom. The van der Waals surface area contributed by atoms with Crippen molar-refractivity contribution < 1.29 is 8.98 Å². The zero-order valence-corrected chi connectivity index (χ0v) is 19.7. The van der Waals surface area contributed by atoms with E-state index in [0.29, 0.717) is 0 Å². The topological polar surface area (TPSA) is 17.0 Å². The lowest BCUT2D eigenvalue weighted by Crippen LogP contribution is -2.31. The number of furan rings is 1. The molecule has 1 aliphatic rings. The Morgan fingerprint density at radius 3 is 2.41 bits per heavy atom. The van der Waals surface area contributed by atoms with Gasteiger partial charge < -0.3 is 4.42 Å². The molecule has 8 rings (SSSR count). The van der Waals surface area contributed by atoms with Crippen LogP contribution < -0.4 is 4.57 Å². The van der Waals surface area contributed by atoms with Crippen LogP contribution in [0.25, 0.3) is 65.5 Å². The number of rotatable bonds is 0. The van der Waals surface area contributed by atoms with Crippen molar-refractivity contribution in [3.8, 4) is 11.3 Å². The van der Waals surface area contributed by atoms with Gasteiger partial charge in [0.2, 0.25) is 5.69 Å². The molecular formula is C31H20NOS+. The van der Waals surface area contributed by atoms with Crippen molar-refractivity contribution in [1.82, 2.24) is 0 Å². The molecular weight excluding hydrogens is 434 g/mol. The quantitative estimate of drug-likeness (QED) is 0.169. The first-order valence-electron chi connectivity index (χ1n) is 11.6. The van der Waals surface area contributed by atoms with E-state index < -0.39 is 0 Å². The van der Waals surface area contributed by atoms with Gasteiger partial charge in [0.15, 0.2) is 6.20 Å². The summed E-state index contributed by atoms with van der Waals surface area (Å²) < 4.78 is 8.75. The predicted octanol–water partition coefficient (Wildman–Crippen LogP) is 8.31.